The minimum Gasteiger partial charge on any atom is -0.379 e. The lowest BCUT2D eigenvalue weighted by Gasteiger charge is -2.12. The van der Waals surface area contributed by atoms with Crippen LogP contribution in [0, 0.1) is 0 Å². The van der Waals surface area contributed by atoms with Gasteiger partial charge >= 0.3 is 0 Å². The minimum atomic E-state index is 0.637. The van der Waals surface area contributed by atoms with Crippen molar-refractivity contribution >= 4 is 76.7 Å². The van der Waals surface area contributed by atoms with Gasteiger partial charge in [-0.3, -0.25) is 0 Å². The Kier molecular flexibility index (Phi) is 5.61. The maximum atomic E-state index is 5.98. The molecule has 0 aliphatic rings. The molecule has 0 saturated carbocycles. The first-order chi connectivity index (χ1) is 8.95. The Morgan fingerprint density at radius 2 is 1.37 bits per heavy atom. The van der Waals surface area contributed by atoms with Crippen molar-refractivity contribution in [3.8, 4) is 0 Å². The molecule has 6 heteroatoms. The molecule has 19 heavy (non-hydrogen) atoms. The van der Waals surface area contributed by atoms with Gasteiger partial charge < -0.3 is 5.32 Å². The van der Waals surface area contributed by atoms with Gasteiger partial charge in [-0.2, -0.15) is 0 Å². The minimum absolute atomic E-state index is 0.637. The molecule has 0 aliphatic heterocycles. The monoisotopic (exact) mass is 485 g/mol. The number of hydrogen-bond acceptors (Lipinski definition) is 1. The fraction of sp³-hybridized carbons (Fsp3) is 0.0769. The van der Waals surface area contributed by atoms with E-state index >= 15 is 0 Å². The van der Waals surface area contributed by atoms with Crippen LogP contribution in [0.5, 0.6) is 0 Å². The summed E-state index contributed by atoms with van der Waals surface area (Å²) in [6.45, 7) is 0.638. The van der Waals surface area contributed by atoms with Crippen LogP contribution < -0.4 is 5.32 Å². The highest BCUT2D eigenvalue weighted by Crippen LogP contribution is 2.34. The van der Waals surface area contributed by atoms with Gasteiger partial charge in [0.2, 0.25) is 0 Å². The topological polar surface area (TPSA) is 12.0 Å². The highest BCUT2D eigenvalue weighted by molar-refractivity contribution is 9.11. The van der Waals surface area contributed by atoms with Crippen molar-refractivity contribution in [2.75, 3.05) is 5.32 Å². The summed E-state index contributed by atoms with van der Waals surface area (Å²) in [4.78, 5) is 0. The zero-order valence-electron chi connectivity index (χ0n) is 9.48. The molecular weight excluding hydrogens is 481 g/mol. The number of benzene rings is 2. The average molecular weight is 489 g/mol. The zero-order valence-corrected chi connectivity index (χ0v) is 15.8. The standard InChI is InChI=1S/C13H8Br3Cl2N/c14-8-3-11(15)13(12(16)4-8)19-6-7-1-9(17)5-10(18)2-7/h1-5,19H,6H2. The SMILES string of the molecule is Clc1cc(Cl)cc(CNc2c(Br)cc(Br)cc2Br)c1. The molecule has 2 aromatic carbocycles. The van der Waals surface area contributed by atoms with E-state index in [-0.39, 0.29) is 0 Å². The highest BCUT2D eigenvalue weighted by Gasteiger charge is 2.07. The Morgan fingerprint density at radius 3 is 1.89 bits per heavy atom. The summed E-state index contributed by atoms with van der Waals surface area (Å²) in [6.07, 6.45) is 0. The third-order valence-corrected chi connectivity index (χ3v) is 4.54. The second-order valence-electron chi connectivity index (χ2n) is 3.88. The first kappa shape index (κ1) is 15.6. The molecule has 100 valence electrons. The van der Waals surface area contributed by atoms with Gasteiger partial charge in [-0.05, 0) is 67.8 Å². The highest BCUT2D eigenvalue weighted by atomic mass is 79.9. The van der Waals surface area contributed by atoms with Gasteiger partial charge in [0.15, 0.2) is 0 Å². The van der Waals surface area contributed by atoms with Crippen molar-refractivity contribution in [2.24, 2.45) is 0 Å². The fourth-order valence-corrected chi connectivity index (χ4v) is 4.72. The second kappa shape index (κ2) is 6.81. The molecule has 0 amide bonds. The smallest absolute Gasteiger partial charge is 0.0632 e. The van der Waals surface area contributed by atoms with Gasteiger partial charge in [-0.1, -0.05) is 39.1 Å². The summed E-state index contributed by atoms with van der Waals surface area (Å²) in [7, 11) is 0. The summed E-state index contributed by atoms with van der Waals surface area (Å²) in [5, 5.41) is 4.62. The van der Waals surface area contributed by atoms with Crippen LogP contribution in [0.1, 0.15) is 5.56 Å². The van der Waals surface area contributed by atoms with E-state index in [1.807, 2.05) is 24.3 Å². The Morgan fingerprint density at radius 1 is 0.842 bits per heavy atom. The van der Waals surface area contributed by atoms with Crippen LogP contribution in [0.2, 0.25) is 10.0 Å². The molecule has 2 aromatic rings. The molecule has 1 nitrogen and oxygen atoms in total. The first-order valence-electron chi connectivity index (χ1n) is 5.29. The molecule has 0 radical (unpaired) electrons. The van der Waals surface area contributed by atoms with Gasteiger partial charge in [0, 0.05) is 30.0 Å². The van der Waals surface area contributed by atoms with Crippen molar-refractivity contribution in [3.05, 3.63) is 59.4 Å². The Bertz CT molecular complexity index is 574. The molecule has 1 N–H and O–H groups in total. The van der Waals surface area contributed by atoms with E-state index in [4.69, 9.17) is 23.2 Å². The summed E-state index contributed by atoms with van der Waals surface area (Å²) in [6, 6.07) is 9.47. The van der Waals surface area contributed by atoms with Crippen LogP contribution in [-0.4, -0.2) is 0 Å². The lowest BCUT2D eigenvalue weighted by Crippen LogP contribution is -2.01. The third kappa shape index (κ3) is 4.36. The van der Waals surface area contributed by atoms with Crippen molar-refractivity contribution in [1.82, 2.24) is 0 Å². The normalized spacial score (nSPS) is 10.6. The molecule has 0 saturated heterocycles. The van der Waals surface area contributed by atoms with Crippen molar-refractivity contribution in [3.63, 3.8) is 0 Å². The molecule has 0 atom stereocenters. The van der Waals surface area contributed by atoms with Gasteiger partial charge in [0.25, 0.3) is 0 Å². The van der Waals surface area contributed by atoms with E-state index in [1.54, 1.807) is 6.07 Å². The molecule has 0 unspecified atom stereocenters. The van der Waals surface area contributed by atoms with Gasteiger partial charge in [0.1, 0.15) is 0 Å². The second-order valence-corrected chi connectivity index (χ2v) is 7.37. The number of halogens is 5. The molecule has 0 aliphatic carbocycles. The predicted molar refractivity (Wildman–Crippen MR) is 93.3 cm³/mol. The summed E-state index contributed by atoms with van der Waals surface area (Å²) in [5.41, 5.74) is 2.01. The van der Waals surface area contributed by atoms with Crippen LogP contribution >= 0.6 is 71.0 Å². The van der Waals surface area contributed by atoms with E-state index in [0.29, 0.717) is 16.6 Å². The zero-order chi connectivity index (χ0) is 14.0. The Labute approximate surface area is 147 Å². The number of anilines is 1. The number of nitrogens with one attached hydrogen (secondary N) is 1. The van der Waals surface area contributed by atoms with Gasteiger partial charge in [0.05, 0.1) is 5.69 Å². The maximum Gasteiger partial charge on any atom is 0.0632 e. The quantitative estimate of drug-likeness (QED) is 0.496. The largest absolute Gasteiger partial charge is 0.379 e. The Hall–Kier alpha value is 0.260. The molecule has 2 rings (SSSR count). The van der Waals surface area contributed by atoms with Crippen LogP contribution in [0.15, 0.2) is 43.7 Å². The van der Waals surface area contributed by atoms with E-state index in [1.165, 1.54) is 0 Å². The van der Waals surface area contributed by atoms with Crippen LogP contribution in [0.25, 0.3) is 0 Å². The molecule has 0 heterocycles. The lowest BCUT2D eigenvalue weighted by atomic mass is 10.2. The summed E-state index contributed by atoms with van der Waals surface area (Å²) < 4.78 is 2.95. The Balaban J connectivity index is 2.19. The van der Waals surface area contributed by atoms with E-state index in [2.05, 4.69) is 53.1 Å². The number of rotatable bonds is 3. The molecular formula is C13H8Br3Cl2N. The maximum absolute atomic E-state index is 5.98. The lowest BCUT2D eigenvalue weighted by molar-refractivity contribution is 1.14. The molecule has 0 fully saturated rings. The van der Waals surface area contributed by atoms with E-state index in [9.17, 15) is 0 Å². The first-order valence-corrected chi connectivity index (χ1v) is 8.42. The molecule has 0 bridgehead atoms. The molecule has 0 spiro atoms. The van der Waals surface area contributed by atoms with Gasteiger partial charge in [-0.25, -0.2) is 0 Å². The molecule has 0 aromatic heterocycles. The van der Waals surface area contributed by atoms with Crippen molar-refractivity contribution in [1.29, 1.82) is 0 Å². The van der Waals surface area contributed by atoms with Crippen molar-refractivity contribution < 1.29 is 0 Å². The van der Waals surface area contributed by atoms with Crippen molar-refractivity contribution in [2.45, 2.75) is 6.54 Å². The van der Waals surface area contributed by atoms with Crippen LogP contribution in [0.4, 0.5) is 5.69 Å². The van der Waals surface area contributed by atoms with E-state index in [0.717, 1.165) is 24.7 Å². The number of hydrogen-bond donors (Lipinski definition) is 1. The summed E-state index contributed by atoms with van der Waals surface area (Å²) >= 11 is 22.4. The predicted octanol–water partition coefficient (Wildman–Crippen LogP) is 6.89. The van der Waals surface area contributed by atoms with E-state index < -0.39 is 0 Å². The third-order valence-electron chi connectivity index (χ3n) is 2.40. The summed E-state index contributed by atoms with van der Waals surface area (Å²) in [5.74, 6) is 0. The van der Waals surface area contributed by atoms with Crippen LogP contribution in [-0.2, 0) is 6.54 Å². The van der Waals surface area contributed by atoms with Crippen LogP contribution in [0.3, 0.4) is 0 Å². The fourth-order valence-electron chi connectivity index (χ4n) is 1.61. The average Bonchev–Trinajstić information content (AvgIpc) is 2.25. The van der Waals surface area contributed by atoms with Gasteiger partial charge in [-0.15, -0.1) is 0 Å².